The van der Waals surface area contributed by atoms with Crippen molar-refractivity contribution < 1.29 is 23.0 Å². The Morgan fingerprint density at radius 1 is 1.24 bits per heavy atom. The number of ether oxygens (including phenoxy) is 1. The van der Waals surface area contributed by atoms with Gasteiger partial charge in [0.15, 0.2) is 6.29 Å². The first kappa shape index (κ1) is 14.7. The third kappa shape index (κ3) is 6.85. The van der Waals surface area contributed by atoms with Gasteiger partial charge in [0.25, 0.3) is 0 Å². The molecule has 0 saturated heterocycles. The summed E-state index contributed by atoms with van der Waals surface area (Å²) in [6, 6.07) is 0. The second kappa shape index (κ2) is 7.18. The molecule has 0 radical (unpaired) electrons. The summed E-state index contributed by atoms with van der Waals surface area (Å²) >= 11 is 0. The molecule has 1 aliphatic carbocycles. The first-order valence-corrected chi connectivity index (χ1v) is 6.06. The Morgan fingerprint density at radius 3 is 2.47 bits per heavy atom. The van der Waals surface area contributed by atoms with E-state index in [9.17, 15) is 18.3 Å². The highest BCUT2D eigenvalue weighted by molar-refractivity contribution is 4.68. The highest BCUT2D eigenvalue weighted by Gasteiger charge is 2.26. The van der Waals surface area contributed by atoms with Crippen molar-refractivity contribution in [2.75, 3.05) is 19.7 Å². The van der Waals surface area contributed by atoms with Crippen molar-refractivity contribution in [2.45, 2.75) is 44.6 Å². The van der Waals surface area contributed by atoms with Crippen LogP contribution in [0.4, 0.5) is 13.2 Å². The van der Waals surface area contributed by atoms with Gasteiger partial charge >= 0.3 is 6.18 Å². The molecule has 1 unspecified atom stereocenters. The van der Waals surface area contributed by atoms with Crippen molar-refractivity contribution in [3.8, 4) is 0 Å². The van der Waals surface area contributed by atoms with E-state index in [0.717, 1.165) is 25.7 Å². The van der Waals surface area contributed by atoms with Gasteiger partial charge in [-0.15, -0.1) is 0 Å². The number of alkyl halides is 3. The van der Waals surface area contributed by atoms with Gasteiger partial charge in [0.2, 0.25) is 0 Å². The third-order valence-electron chi connectivity index (χ3n) is 2.95. The van der Waals surface area contributed by atoms with Crippen LogP contribution >= 0.6 is 0 Å². The molecule has 3 nitrogen and oxygen atoms in total. The Morgan fingerprint density at radius 2 is 1.88 bits per heavy atom. The molecule has 2 N–H and O–H groups in total. The standard InChI is InChI=1S/C11H20F3NO2/c12-11(13,14)8-15-6-7-17-10(16)9-4-2-1-3-5-9/h9-10,15-16H,1-8H2. The first-order valence-electron chi connectivity index (χ1n) is 6.06. The van der Waals surface area contributed by atoms with Gasteiger partial charge in [-0.05, 0) is 12.8 Å². The van der Waals surface area contributed by atoms with Crippen LogP contribution in [0.5, 0.6) is 0 Å². The van der Waals surface area contributed by atoms with E-state index in [1.807, 2.05) is 0 Å². The predicted octanol–water partition coefficient (Wildman–Crippen LogP) is 2.05. The third-order valence-corrected chi connectivity index (χ3v) is 2.95. The first-order chi connectivity index (χ1) is 7.99. The van der Waals surface area contributed by atoms with E-state index < -0.39 is 19.0 Å². The largest absolute Gasteiger partial charge is 0.401 e. The van der Waals surface area contributed by atoms with Crippen molar-refractivity contribution >= 4 is 0 Å². The lowest BCUT2D eigenvalue weighted by atomic mass is 9.89. The van der Waals surface area contributed by atoms with Gasteiger partial charge in [-0.2, -0.15) is 13.2 Å². The van der Waals surface area contributed by atoms with E-state index in [1.165, 1.54) is 6.42 Å². The topological polar surface area (TPSA) is 41.5 Å². The molecule has 1 aliphatic rings. The fourth-order valence-electron chi connectivity index (χ4n) is 2.04. The van der Waals surface area contributed by atoms with Crippen molar-refractivity contribution in [1.82, 2.24) is 5.32 Å². The highest BCUT2D eigenvalue weighted by atomic mass is 19.4. The van der Waals surface area contributed by atoms with E-state index in [0.29, 0.717) is 0 Å². The highest BCUT2D eigenvalue weighted by Crippen LogP contribution is 2.26. The molecule has 0 aromatic carbocycles. The van der Waals surface area contributed by atoms with Crippen molar-refractivity contribution in [3.05, 3.63) is 0 Å². The molecule has 1 rings (SSSR count). The monoisotopic (exact) mass is 255 g/mol. The Bertz CT molecular complexity index is 205. The number of aliphatic hydroxyl groups excluding tert-OH is 1. The minimum absolute atomic E-state index is 0.100. The number of nitrogens with one attached hydrogen (secondary N) is 1. The SMILES string of the molecule is OC(OCCNCC(F)(F)F)C1CCCCC1. The lowest BCUT2D eigenvalue weighted by Gasteiger charge is -2.26. The van der Waals surface area contributed by atoms with Crippen molar-refractivity contribution in [3.63, 3.8) is 0 Å². The molecule has 0 aliphatic heterocycles. The lowest BCUT2D eigenvalue weighted by Crippen LogP contribution is -2.33. The fraction of sp³-hybridized carbons (Fsp3) is 1.00. The molecule has 0 aromatic rings. The fourth-order valence-corrected chi connectivity index (χ4v) is 2.04. The molecule has 6 heteroatoms. The molecule has 1 saturated carbocycles. The Balaban J connectivity index is 2.01. The summed E-state index contributed by atoms with van der Waals surface area (Å²) in [7, 11) is 0. The lowest BCUT2D eigenvalue weighted by molar-refractivity contribution is -0.143. The number of halogens is 3. The van der Waals surface area contributed by atoms with Crippen LogP contribution in [0, 0.1) is 5.92 Å². The van der Waals surface area contributed by atoms with Crippen LogP contribution in [0.2, 0.25) is 0 Å². The van der Waals surface area contributed by atoms with Crippen LogP contribution < -0.4 is 5.32 Å². The van der Waals surface area contributed by atoms with E-state index >= 15 is 0 Å². The predicted molar refractivity (Wildman–Crippen MR) is 57.5 cm³/mol. The molecule has 0 bridgehead atoms. The van der Waals surface area contributed by atoms with Gasteiger partial charge in [-0.25, -0.2) is 0 Å². The zero-order chi connectivity index (χ0) is 12.7. The van der Waals surface area contributed by atoms with E-state index in [-0.39, 0.29) is 19.1 Å². The maximum absolute atomic E-state index is 11.8. The van der Waals surface area contributed by atoms with Crippen LogP contribution in [-0.2, 0) is 4.74 Å². The average molecular weight is 255 g/mol. The van der Waals surface area contributed by atoms with Crippen LogP contribution in [0.15, 0.2) is 0 Å². The summed E-state index contributed by atoms with van der Waals surface area (Å²) < 4.78 is 40.5. The van der Waals surface area contributed by atoms with Crippen molar-refractivity contribution in [1.29, 1.82) is 0 Å². The maximum Gasteiger partial charge on any atom is 0.401 e. The molecule has 0 spiro atoms. The van der Waals surface area contributed by atoms with Gasteiger partial charge in [0.05, 0.1) is 13.2 Å². The minimum Gasteiger partial charge on any atom is -0.368 e. The second-order valence-electron chi connectivity index (χ2n) is 4.45. The molecular formula is C11H20F3NO2. The summed E-state index contributed by atoms with van der Waals surface area (Å²) in [6.45, 7) is -0.813. The molecule has 102 valence electrons. The van der Waals surface area contributed by atoms with Crippen LogP contribution in [0.25, 0.3) is 0 Å². The molecule has 0 heterocycles. The maximum atomic E-state index is 11.8. The molecular weight excluding hydrogens is 235 g/mol. The van der Waals surface area contributed by atoms with Crippen LogP contribution in [0.1, 0.15) is 32.1 Å². The molecule has 0 aromatic heterocycles. The molecule has 1 atom stereocenters. The summed E-state index contributed by atoms with van der Waals surface area (Å²) in [6.07, 6.45) is 0.240. The van der Waals surface area contributed by atoms with Crippen LogP contribution in [-0.4, -0.2) is 37.3 Å². The summed E-state index contributed by atoms with van der Waals surface area (Å²) in [5, 5.41) is 11.9. The Hall–Kier alpha value is -0.330. The average Bonchev–Trinajstić information content (AvgIpc) is 2.28. The number of aliphatic hydroxyl groups is 1. The molecule has 17 heavy (non-hydrogen) atoms. The number of hydrogen-bond acceptors (Lipinski definition) is 3. The zero-order valence-electron chi connectivity index (χ0n) is 9.80. The minimum atomic E-state index is -4.19. The number of hydrogen-bond donors (Lipinski definition) is 2. The summed E-state index contributed by atoms with van der Waals surface area (Å²) in [4.78, 5) is 0. The van der Waals surface area contributed by atoms with Gasteiger partial charge in [0, 0.05) is 12.5 Å². The Kier molecular flexibility index (Phi) is 6.22. The van der Waals surface area contributed by atoms with E-state index in [2.05, 4.69) is 5.32 Å². The van der Waals surface area contributed by atoms with Gasteiger partial charge in [-0.3, -0.25) is 0 Å². The normalized spacial score (nSPS) is 20.5. The quantitative estimate of drug-likeness (QED) is 0.564. The van der Waals surface area contributed by atoms with E-state index in [4.69, 9.17) is 4.74 Å². The van der Waals surface area contributed by atoms with E-state index in [1.54, 1.807) is 0 Å². The van der Waals surface area contributed by atoms with Crippen molar-refractivity contribution in [2.24, 2.45) is 5.92 Å². The molecule has 0 amide bonds. The van der Waals surface area contributed by atoms with Crippen LogP contribution in [0.3, 0.4) is 0 Å². The molecule has 1 fully saturated rings. The number of rotatable bonds is 6. The summed E-state index contributed by atoms with van der Waals surface area (Å²) in [5.74, 6) is 0.145. The van der Waals surface area contributed by atoms with Gasteiger partial charge < -0.3 is 15.2 Å². The smallest absolute Gasteiger partial charge is 0.368 e. The van der Waals surface area contributed by atoms with Gasteiger partial charge in [-0.1, -0.05) is 19.3 Å². The zero-order valence-corrected chi connectivity index (χ0v) is 9.80. The second-order valence-corrected chi connectivity index (χ2v) is 4.45. The van der Waals surface area contributed by atoms with Gasteiger partial charge in [0.1, 0.15) is 0 Å². The summed E-state index contributed by atoms with van der Waals surface area (Å²) in [5.41, 5.74) is 0. The Labute approximate surface area is 99.3 Å².